The number of hydrogen-bond acceptors (Lipinski definition) is 3. The quantitative estimate of drug-likeness (QED) is 0.831. The lowest BCUT2D eigenvalue weighted by atomic mass is 10.1. The lowest BCUT2D eigenvalue weighted by Crippen LogP contribution is -2.39. The van der Waals surface area contributed by atoms with E-state index in [4.69, 9.17) is 0 Å². The Labute approximate surface area is 123 Å². The monoisotopic (exact) mass is 278 g/mol. The van der Waals surface area contributed by atoms with Crippen LogP contribution in [0.5, 0.6) is 0 Å². The van der Waals surface area contributed by atoms with Crippen molar-refractivity contribution in [1.82, 2.24) is 20.0 Å². The molecule has 20 heavy (non-hydrogen) atoms. The first-order valence-electron chi connectivity index (χ1n) is 8.07. The van der Waals surface area contributed by atoms with E-state index in [-0.39, 0.29) is 0 Å². The highest BCUT2D eigenvalue weighted by Gasteiger charge is 2.19. The fourth-order valence-corrected chi connectivity index (χ4v) is 3.17. The van der Waals surface area contributed by atoms with Crippen molar-refractivity contribution in [3.8, 4) is 0 Å². The van der Waals surface area contributed by atoms with Gasteiger partial charge in [0.1, 0.15) is 0 Å². The van der Waals surface area contributed by atoms with Crippen LogP contribution < -0.4 is 5.32 Å². The van der Waals surface area contributed by atoms with Crippen molar-refractivity contribution in [3.05, 3.63) is 17.5 Å². The van der Waals surface area contributed by atoms with E-state index in [2.05, 4.69) is 53.8 Å². The Balaban J connectivity index is 2.01. The molecule has 0 amide bonds. The average Bonchev–Trinajstić information content (AvgIpc) is 2.98. The van der Waals surface area contributed by atoms with E-state index >= 15 is 0 Å². The first-order chi connectivity index (χ1) is 9.58. The Bertz CT molecular complexity index is 405. The molecule has 0 saturated carbocycles. The molecule has 2 rings (SSSR count). The van der Waals surface area contributed by atoms with E-state index in [9.17, 15) is 0 Å². The second-order valence-electron chi connectivity index (χ2n) is 6.47. The van der Waals surface area contributed by atoms with Crippen LogP contribution in [-0.4, -0.2) is 40.4 Å². The van der Waals surface area contributed by atoms with E-state index in [1.165, 1.54) is 25.1 Å². The van der Waals surface area contributed by atoms with Gasteiger partial charge in [0.05, 0.1) is 11.4 Å². The summed E-state index contributed by atoms with van der Waals surface area (Å²) in [6.07, 6.45) is 2.65. The molecule has 1 saturated heterocycles. The van der Waals surface area contributed by atoms with Gasteiger partial charge in [-0.25, -0.2) is 0 Å². The fraction of sp³-hybridized carbons (Fsp3) is 0.812. The van der Waals surface area contributed by atoms with Gasteiger partial charge in [-0.2, -0.15) is 5.10 Å². The molecule has 4 heteroatoms. The third kappa shape index (κ3) is 4.32. The molecule has 114 valence electrons. The highest BCUT2D eigenvalue weighted by molar-refractivity contribution is 5.09. The molecule has 1 aromatic rings. The Hall–Kier alpha value is -0.870. The minimum atomic E-state index is 0.674. The molecule has 4 nitrogen and oxygen atoms in total. The lowest BCUT2D eigenvalue weighted by Gasteiger charge is -2.27. The summed E-state index contributed by atoms with van der Waals surface area (Å²) in [5, 5.41) is 8.18. The van der Waals surface area contributed by atoms with E-state index in [0.29, 0.717) is 12.0 Å². The Kier molecular flexibility index (Phi) is 5.61. The minimum absolute atomic E-state index is 0.674. The van der Waals surface area contributed by atoms with Gasteiger partial charge in [0.15, 0.2) is 0 Å². The summed E-state index contributed by atoms with van der Waals surface area (Å²) in [6, 6.07) is 2.91. The number of rotatable bonds is 7. The van der Waals surface area contributed by atoms with Crippen LogP contribution in [0.15, 0.2) is 6.07 Å². The first kappa shape index (κ1) is 15.5. The highest BCUT2D eigenvalue weighted by atomic mass is 15.3. The highest BCUT2D eigenvalue weighted by Crippen LogP contribution is 2.13. The van der Waals surface area contributed by atoms with Gasteiger partial charge in [-0.05, 0) is 45.2 Å². The van der Waals surface area contributed by atoms with Crippen molar-refractivity contribution in [2.75, 3.05) is 19.6 Å². The molecule has 2 heterocycles. The molecule has 1 aromatic heterocycles. The van der Waals surface area contributed by atoms with E-state index < -0.39 is 0 Å². The lowest BCUT2D eigenvalue weighted by molar-refractivity contribution is 0.210. The number of hydrogen-bond donors (Lipinski definition) is 1. The molecule has 1 unspecified atom stereocenters. The standard InChI is InChI=1S/C16H30N4/c1-5-20-16(9-14(4)18-20)12-19(10-13(2)3)11-15-7-6-8-17-15/h9,13,15,17H,5-8,10-12H2,1-4H3. The van der Waals surface area contributed by atoms with Gasteiger partial charge in [-0.3, -0.25) is 9.58 Å². The van der Waals surface area contributed by atoms with Crippen LogP contribution in [0.3, 0.4) is 0 Å². The second kappa shape index (κ2) is 7.23. The smallest absolute Gasteiger partial charge is 0.0597 e. The number of nitrogens with one attached hydrogen (secondary N) is 1. The number of aromatic nitrogens is 2. The third-order valence-electron chi connectivity index (χ3n) is 3.93. The fourth-order valence-electron chi connectivity index (χ4n) is 3.17. The van der Waals surface area contributed by atoms with Crippen molar-refractivity contribution in [3.63, 3.8) is 0 Å². The zero-order valence-electron chi connectivity index (χ0n) is 13.5. The van der Waals surface area contributed by atoms with E-state index in [0.717, 1.165) is 31.9 Å². The maximum absolute atomic E-state index is 4.57. The van der Waals surface area contributed by atoms with Crippen molar-refractivity contribution < 1.29 is 0 Å². The van der Waals surface area contributed by atoms with Gasteiger partial charge in [0.2, 0.25) is 0 Å². The molecular formula is C16H30N4. The van der Waals surface area contributed by atoms with Gasteiger partial charge >= 0.3 is 0 Å². The van der Waals surface area contributed by atoms with Crippen molar-refractivity contribution in [2.45, 2.75) is 59.7 Å². The average molecular weight is 278 g/mol. The van der Waals surface area contributed by atoms with Gasteiger partial charge in [0, 0.05) is 32.2 Å². The zero-order valence-corrected chi connectivity index (χ0v) is 13.5. The van der Waals surface area contributed by atoms with Crippen molar-refractivity contribution in [1.29, 1.82) is 0 Å². The number of aryl methyl sites for hydroxylation is 2. The molecule has 1 aliphatic rings. The predicted octanol–water partition coefficient (Wildman–Crippen LogP) is 2.42. The summed E-state index contributed by atoms with van der Waals surface area (Å²) < 4.78 is 2.14. The van der Waals surface area contributed by atoms with Crippen molar-refractivity contribution in [2.24, 2.45) is 5.92 Å². The molecule has 0 aromatic carbocycles. The van der Waals surface area contributed by atoms with Crippen LogP contribution in [0.1, 0.15) is 45.0 Å². The molecule has 1 atom stereocenters. The van der Waals surface area contributed by atoms with Crippen LogP contribution in [0.2, 0.25) is 0 Å². The molecule has 1 aliphatic heterocycles. The molecule has 1 fully saturated rings. The molecule has 0 bridgehead atoms. The van der Waals surface area contributed by atoms with Gasteiger partial charge in [-0.1, -0.05) is 13.8 Å². The van der Waals surface area contributed by atoms with Crippen molar-refractivity contribution >= 4 is 0 Å². The largest absolute Gasteiger partial charge is 0.313 e. The van der Waals surface area contributed by atoms with Crippen LogP contribution in [0.25, 0.3) is 0 Å². The third-order valence-corrected chi connectivity index (χ3v) is 3.93. The first-order valence-corrected chi connectivity index (χ1v) is 8.07. The van der Waals surface area contributed by atoms with Crippen LogP contribution >= 0.6 is 0 Å². The predicted molar refractivity (Wildman–Crippen MR) is 83.8 cm³/mol. The second-order valence-corrected chi connectivity index (χ2v) is 6.47. The van der Waals surface area contributed by atoms with Gasteiger partial charge in [-0.15, -0.1) is 0 Å². The molecule has 1 N–H and O–H groups in total. The number of nitrogens with zero attached hydrogens (tertiary/aromatic N) is 3. The molecule has 0 radical (unpaired) electrons. The summed E-state index contributed by atoms with van der Waals surface area (Å²) in [5.74, 6) is 0.704. The topological polar surface area (TPSA) is 33.1 Å². The van der Waals surface area contributed by atoms with E-state index in [1.807, 2.05) is 0 Å². The molecule has 0 aliphatic carbocycles. The van der Waals surface area contributed by atoms with Gasteiger partial charge in [0.25, 0.3) is 0 Å². The van der Waals surface area contributed by atoms with Gasteiger partial charge < -0.3 is 5.32 Å². The SMILES string of the molecule is CCn1nc(C)cc1CN(CC(C)C)CC1CCCN1. The molecule has 0 spiro atoms. The summed E-state index contributed by atoms with van der Waals surface area (Å²) in [7, 11) is 0. The summed E-state index contributed by atoms with van der Waals surface area (Å²) in [5.41, 5.74) is 2.48. The molecular weight excluding hydrogens is 248 g/mol. The zero-order chi connectivity index (χ0) is 14.5. The summed E-state index contributed by atoms with van der Waals surface area (Å²) in [4.78, 5) is 2.59. The minimum Gasteiger partial charge on any atom is -0.313 e. The van der Waals surface area contributed by atoms with Crippen LogP contribution in [0.4, 0.5) is 0 Å². The normalized spacial score (nSPS) is 19.4. The maximum atomic E-state index is 4.57. The summed E-state index contributed by atoms with van der Waals surface area (Å²) >= 11 is 0. The van der Waals surface area contributed by atoms with Crippen LogP contribution in [0, 0.1) is 12.8 Å². The Morgan fingerprint density at radius 3 is 2.90 bits per heavy atom. The maximum Gasteiger partial charge on any atom is 0.0597 e. The van der Waals surface area contributed by atoms with Crippen LogP contribution in [-0.2, 0) is 13.1 Å². The van der Waals surface area contributed by atoms with E-state index in [1.54, 1.807) is 0 Å². The Morgan fingerprint density at radius 1 is 1.50 bits per heavy atom. The Morgan fingerprint density at radius 2 is 2.30 bits per heavy atom. The summed E-state index contributed by atoms with van der Waals surface area (Å²) in [6.45, 7) is 14.3.